The molecule has 0 saturated heterocycles. The van der Waals surface area contributed by atoms with Crippen LogP contribution in [0.3, 0.4) is 0 Å². The Morgan fingerprint density at radius 1 is 1.25 bits per heavy atom. The van der Waals surface area contributed by atoms with Crippen molar-refractivity contribution in [3.05, 3.63) is 63.9 Å². The van der Waals surface area contributed by atoms with Crippen LogP contribution in [0.2, 0.25) is 10.0 Å². The predicted octanol–water partition coefficient (Wildman–Crippen LogP) is 4.22. The normalized spacial score (nSPS) is 11.2. The van der Waals surface area contributed by atoms with E-state index < -0.39 is 0 Å². The van der Waals surface area contributed by atoms with Gasteiger partial charge in [0.05, 0.1) is 34.7 Å². The number of aromatic nitrogens is 1. The first-order valence-electron chi connectivity index (χ1n) is 7.16. The molecule has 2 aromatic rings. The molecule has 126 valence electrons. The fraction of sp³-hybridized carbons (Fsp3) is 0.176. The summed E-state index contributed by atoms with van der Waals surface area (Å²) >= 11 is 11.9. The topological polar surface area (TPSA) is 63.2 Å². The van der Waals surface area contributed by atoms with Gasteiger partial charge in [0.1, 0.15) is 0 Å². The summed E-state index contributed by atoms with van der Waals surface area (Å²) in [4.78, 5) is 21.1. The fourth-order valence-corrected chi connectivity index (χ4v) is 2.24. The molecule has 0 bridgehead atoms. The van der Waals surface area contributed by atoms with E-state index in [2.05, 4.69) is 15.8 Å². The van der Waals surface area contributed by atoms with Crippen LogP contribution in [0, 0.1) is 6.92 Å². The fourth-order valence-electron chi connectivity index (χ4n) is 1.94. The maximum Gasteiger partial charge on any atom is 0.228 e. The van der Waals surface area contributed by atoms with Crippen molar-refractivity contribution >= 4 is 40.5 Å². The lowest BCUT2D eigenvalue weighted by molar-refractivity contribution is -0.115. The summed E-state index contributed by atoms with van der Waals surface area (Å²) in [6, 6.07) is 8.80. The van der Waals surface area contributed by atoms with Gasteiger partial charge in [-0.05, 0) is 37.3 Å². The molecule has 0 atom stereocenters. The van der Waals surface area contributed by atoms with E-state index in [1.165, 1.54) is 7.11 Å². The number of aryl methyl sites for hydroxylation is 1. The Kier molecular flexibility index (Phi) is 6.61. The van der Waals surface area contributed by atoms with Crippen LogP contribution in [-0.2, 0) is 9.63 Å². The largest absolute Gasteiger partial charge is 0.324 e. The highest BCUT2D eigenvalue weighted by atomic mass is 35.5. The number of pyridine rings is 1. The van der Waals surface area contributed by atoms with E-state index in [0.29, 0.717) is 21.4 Å². The minimum Gasteiger partial charge on any atom is -0.324 e. The quantitative estimate of drug-likeness (QED) is 0.752. The van der Waals surface area contributed by atoms with E-state index in [1.807, 2.05) is 13.0 Å². The molecule has 0 aliphatic rings. The molecule has 7 heteroatoms. The molecular formula is C17H17Cl2N3O2. The first-order valence-corrected chi connectivity index (χ1v) is 7.92. The molecule has 1 aromatic carbocycles. The van der Waals surface area contributed by atoms with Crippen LogP contribution >= 0.6 is 23.2 Å². The number of carbonyl (C=O) groups is 1. The van der Waals surface area contributed by atoms with Gasteiger partial charge in [0.15, 0.2) is 0 Å². The van der Waals surface area contributed by atoms with Crippen molar-refractivity contribution in [3.8, 4) is 0 Å². The van der Waals surface area contributed by atoms with Gasteiger partial charge in [-0.3, -0.25) is 20.1 Å². The van der Waals surface area contributed by atoms with Crippen LogP contribution < -0.4 is 10.8 Å². The van der Waals surface area contributed by atoms with Crippen molar-refractivity contribution in [2.75, 3.05) is 12.4 Å². The highest BCUT2D eigenvalue weighted by Crippen LogP contribution is 2.25. The molecule has 0 unspecified atom stereocenters. The van der Waals surface area contributed by atoms with Crippen LogP contribution in [-0.4, -0.2) is 18.0 Å². The van der Waals surface area contributed by atoms with E-state index in [9.17, 15) is 4.79 Å². The molecule has 2 N–H and O–H groups in total. The lowest BCUT2D eigenvalue weighted by Gasteiger charge is -2.10. The zero-order valence-corrected chi connectivity index (χ0v) is 14.8. The molecular weight excluding hydrogens is 349 g/mol. The van der Waals surface area contributed by atoms with Gasteiger partial charge in [-0.15, -0.1) is 0 Å². The van der Waals surface area contributed by atoms with E-state index in [0.717, 1.165) is 11.3 Å². The molecule has 0 aliphatic heterocycles. The van der Waals surface area contributed by atoms with E-state index >= 15 is 0 Å². The van der Waals surface area contributed by atoms with Gasteiger partial charge in [0.25, 0.3) is 0 Å². The number of benzene rings is 1. The summed E-state index contributed by atoms with van der Waals surface area (Å²) in [5.74, 6) is -0.170. The molecule has 0 fully saturated rings. The number of amides is 1. The lowest BCUT2D eigenvalue weighted by Crippen LogP contribution is -2.14. The van der Waals surface area contributed by atoms with Gasteiger partial charge in [-0.2, -0.15) is 0 Å². The van der Waals surface area contributed by atoms with Crippen molar-refractivity contribution in [1.82, 2.24) is 10.5 Å². The SMILES string of the molecule is CONC(=CCC(=O)Nc1ccc(C)nc1)c1ccc(Cl)c(Cl)c1. The number of halogens is 2. The molecule has 5 nitrogen and oxygen atoms in total. The minimum absolute atomic E-state index is 0.153. The summed E-state index contributed by atoms with van der Waals surface area (Å²) in [6.45, 7) is 1.88. The summed E-state index contributed by atoms with van der Waals surface area (Å²) in [5, 5.41) is 3.66. The highest BCUT2D eigenvalue weighted by Gasteiger charge is 2.07. The van der Waals surface area contributed by atoms with Crippen LogP contribution in [0.4, 0.5) is 5.69 Å². The molecule has 0 radical (unpaired) electrons. The smallest absolute Gasteiger partial charge is 0.228 e. The second kappa shape index (κ2) is 8.68. The second-order valence-electron chi connectivity index (χ2n) is 4.99. The first kappa shape index (κ1) is 18.3. The Bertz CT molecular complexity index is 746. The van der Waals surface area contributed by atoms with Gasteiger partial charge in [0.2, 0.25) is 5.91 Å². The van der Waals surface area contributed by atoms with Crippen LogP contribution in [0.1, 0.15) is 17.7 Å². The molecule has 0 saturated carbocycles. The number of nitrogens with zero attached hydrogens (tertiary/aromatic N) is 1. The number of anilines is 1. The van der Waals surface area contributed by atoms with Gasteiger partial charge in [-0.25, -0.2) is 0 Å². The van der Waals surface area contributed by atoms with Crippen LogP contribution in [0.5, 0.6) is 0 Å². The maximum atomic E-state index is 12.1. The Morgan fingerprint density at radius 3 is 2.67 bits per heavy atom. The van der Waals surface area contributed by atoms with Crippen molar-refractivity contribution in [3.63, 3.8) is 0 Å². The van der Waals surface area contributed by atoms with Crippen molar-refractivity contribution in [2.24, 2.45) is 0 Å². The Labute approximate surface area is 150 Å². The number of nitrogens with one attached hydrogen (secondary N) is 2. The number of rotatable bonds is 6. The molecule has 1 heterocycles. The first-order chi connectivity index (χ1) is 11.5. The summed E-state index contributed by atoms with van der Waals surface area (Å²) in [7, 11) is 1.49. The Hall–Kier alpha value is -2.08. The van der Waals surface area contributed by atoms with E-state index in [-0.39, 0.29) is 12.3 Å². The van der Waals surface area contributed by atoms with Crippen LogP contribution in [0.25, 0.3) is 5.70 Å². The third kappa shape index (κ3) is 5.23. The Balaban J connectivity index is 2.08. The van der Waals surface area contributed by atoms with E-state index in [1.54, 1.807) is 36.5 Å². The van der Waals surface area contributed by atoms with Gasteiger partial charge >= 0.3 is 0 Å². The average molecular weight is 366 g/mol. The number of hydrogen-bond acceptors (Lipinski definition) is 4. The van der Waals surface area contributed by atoms with Gasteiger partial charge < -0.3 is 5.32 Å². The minimum atomic E-state index is -0.170. The van der Waals surface area contributed by atoms with Gasteiger partial charge in [-0.1, -0.05) is 29.3 Å². The molecule has 1 aromatic heterocycles. The molecule has 0 spiro atoms. The van der Waals surface area contributed by atoms with E-state index in [4.69, 9.17) is 28.0 Å². The third-order valence-electron chi connectivity index (χ3n) is 3.13. The zero-order chi connectivity index (χ0) is 17.5. The maximum absolute atomic E-state index is 12.1. The summed E-state index contributed by atoms with van der Waals surface area (Å²) < 4.78 is 0. The number of hydroxylamine groups is 1. The third-order valence-corrected chi connectivity index (χ3v) is 3.87. The summed E-state index contributed by atoms with van der Waals surface area (Å²) in [6.07, 6.45) is 3.48. The van der Waals surface area contributed by atoms with Crippen LogP contribution in [0.15, 0.2) is 42.6 Å². The zero-order valence-electron chi connectivity index (χ0n) is 13.3. The molecule has 0 aliphatic carbocycles. The molecule has 2 rings (SSSR count). The monoisotopic (exact) mass is 365 g/mol. The Morgan fingerprint density at radius 2 is 2.04 bits per heavy atom. The number of hydrogen-bond donors (Lipinski definition) is 2. The van der Waals surface area contributed by atoms with Crippen molar-refractivity contribution in [1.29, 1.82) is 0 Å². The lowest BCUT2D eigenvalue weighted by atomic mass is 10.1. The summed E-state index contributed by atoms with van der Waals surface area (Å²) in [5.41, 5.74) is 5.65. The average Bonchev–Trinajstić information content (AvgIpc) is 2.56. The molecule has 24 heavy (non-hydrogen) atoms. The molecule has 1 amide bonds. The van der Waals surface area contributed by atoms with Crippen molar-refractivity contribution < 1.29 is 9.63 Å². The van der Waals surface area contributed by atoms with Gasteiger partial charge in [0, 0.05) is 17.7 Å². The second-order valence-corrected chi connectivity index (χ2v) is 5.81. The predicted molar refractivity (Wildman–Crippen MR) is 96.8 cm³/mol. The highest BCUT2D eigenvalue weighted by molar-refractivity contribution is 6.42. The van der Waals surface area contributed by atoms with Crippen molar-refractivity contribution in [2.45, 2.75) is 13.3 Å². The number of carbonyl (C=O) groups excluding carboxylic acids is 1. The standard InChI is InChI=1S/C17H17Cl2N3O2/c1-11-3-5-13(10-20-11)21-17(23)8-7-16(22-24-2)12-4-6-14(18)15(19)9-12/h3-7,9-10,22H,8H2,1-2H3,(H,21,23).